The molecular weight excluding hydrogens is 410 g/mol. The third kappa shape index (κ3) is 4.79. The molecule has 0 aliphatic carbocycles. The summed E-state index contributed by atoms with van der Waals surface area (Å²) >= 11 is 0. The minimum absolute atomic E-state index is 0.679. The van der Waals surface area contributed by atoms with Gasteiger partial charge in [0.05, 0.1) is 0 Å². The van der Waals surface area contributed by atoms with Crippen LogP contribution in [0.25, 0.3) is 44.7 Å². The van der Waals surface area contributed by atoms with Gasteiger partial charge in [-0.05, 0) is 70.5 Å². The van der Waals surface area contributed by atoms with Crippen molar-refractivity contribution in [2.45, 2.75) is 13.8 Å². The number of hydrogen-bond acceptors (Lipinski definition) is 1. The topological polar surface area (TPSA) is 12.0 Å². The first-order chi connectivity index (χ1) is 16.5. The Morgan fingerprint density at radius 2 is 1.38 bits per heavy atom. The second-order valence-electron chi connectivity index (χ2n) is 8.63. The molecule has 4 aromatic rings. The summed E-state index contributed by atoms with van der Waals surface area (Å²) in [5.41, 5.74) is 12.6. The van der Waals surface area contributed by atoms with E-state index in [1.54, 1.807) is 0 Å². The fourth-order valence-electron chi connectivity index (χ4n) is 4.35. The molecule has 0 bridgehead atoms. The van der Waals surface area contributed by atoms with Crippen molar-refractivity contribution in [1.29, 1.82) is 0 Å². The molecule has 1 N–H and O–H groups in total. The van der Waals surface area contributed by atoms with E-state index in [9.17, 15) is 0 Å². The summed E-state index contributed by atoms with van der Waals surface area (Å²) in [6, 6.07) is 32.3. The molecule has 0 saturated carbocycles. The summed E-state index contributed by atoms with van der Waals surface area (Å²) < 4.78 is 0. The molecule has 4 aromatic carbocycles. The molecule has 0 aliphatic rings. The number of rotatable bonds is 8. The Kier molecular flexibility index (Phi) is 6.94. The van der Waals surface area contributed by atoms with Crippen molar-refractivity contribution in [2.24, 2.45) is 0 Å². The van der Waals surface area contributed by atoms with E-state index < -0.39 is 0 Å². The molecule has 0 saturated heterocycles. The van der Waals surface area contributed by atoms with Crippen LogP contribution in [-0.4, -0.2) is 6.54 Å². The summed E-state index contributed by atoms with van der Waals surface area (Å²) in [5.74, 6) is 0. The normalized spacial score (nSPS) is 10.5. The monoisotopic (exact) mass is 441 g/mol. The lowest BCUT2D eigenvalue weighted by atomic mass is 9.90. The lowest BCUT2D eigenvalue weighted by Gasteiger charge is -2.17. The molecule has 0 radical (unpaired) electrons. The van der Waals surface area contributed by atoms with Crippen molar-refractivity contribution in [2.75, 3.05) is 6.54 Å². The number of nitrogens with one attached hydrogen (secondary N) is 1. The number of hydrogen-bond donors (Lipinski definition) is 1. The molecule has 0 aromatic heterocycles. The zero-order valence-corrected chi connectivity index (χ0v) is 20.1. The van der Waals surface area contributed by atoms with Crippen LogP contribution in [0.15, 0.2) is 117 Å². The van der Waals surface area contributed by atoms with Crippen molar-refractivity contribution in [3.05, 3.63) is 133 Å². The van der Waals surface area contributed by atoms with Crippen molar-refractivity contribution >= 4 is 11.3 Å². The van der Waals surface area contributed by atoms with Crippen molar-refractivity contribution in [3.8, 4) is 33.4 Å². The first kappa shape index (κ1) is 23.1. The Labute approximate surface area is 203 Å². The standard InChI is InChI=1S/C33H31N/c1-6-20-34-25(5)31-19-18-27(22-33(31)30-16-8-7-12-24(30)4)26-13-11-14-28(21-26)32-17-10-9-15-29(32)23(2)3/h6-19,21-22,34H,1-2,5,20H2,3-4H3. The average Bonchev–Trinajstić information content (AvgIpc) is 2.87. The Hall–Kier alpha value is -4.10. The molecule has 168 valence electrons. The second-order valence-corrected chi connectivity index (χ2v) is 8.63. The van der Waals surface area contributed by atoms with E-state index in [0.717, 1.165) is 16.8 Å². The maximum atomic E-state index is 4.29. The minimum Gasteiger partial charge on any atom is -0.382 e. The van der Waals surface area contributed by atoms with Gasteiger partial charge in [0.15, 0.2) is 0 Å². The molecule has 0 atom stereocenters. The maximum Gasteiger partial charge on any atom is 0.0349 e. The van der Waals surface area contributed by atoms with Gasteiger partial charge in [-0.3, -0.25) is 0 Å². The van der Waals surface area contributed by atoms with Gasteiger partial charge in [-0.2, -0.15) is 0 Å². The fourth-order valence-corrected chi connectivity index (χ4v) is 4.35. The molecule has 4 rings (SSSR count). The first-order valence-corrected chi connectivity index (χ1v) is 11.6. The van der Waals surface area contributed by atoms with E-state index in [-0.39, 0.29) is 0 Å². The molecule has 0 fully saturated rings. The lowest BCUT2D eigenvalue weighted by Crippen LogP contribution is -2.11. The van der Waals surface area contributed by atoms with Crippen molar-refractivity contribution in [1.82, 2.24) is 5.32 Å². The predicted molar refractivity (Wildman–Crippen MR) is 149 cm³/mol. The van der Waals surface area contributed by atoms with Crippen LogP contribution in [0.2, 0.25) is 0 Å². The van der Waals surface area contributed by atoms with Gasteiger partial charge in [0.1, 0.15) is 0 Å². The molecule has 34 heavy (non-hydrogen) atoms. The van der Waals surface area contributed by atoms with Crippen LogP contribution in [0.5, 0.6) is 0 Å². The summed E-state index contributed by atoms with van der Waals surface area (Å²) in [5, 5.41) is 3.36. The van der Waals surface area contributed by atoms with E-state index in [0.29, 0.717) is 6.54 Å². The first-order valence-electron chi connectivity index (χ1n) is 11.6. The van der Waals surface area contributed by atoms with Gasteiger partial charge in [0, 0.05) is 17.8 Å². The maximum absolute atomic E-state index is 4.29. The second kappa shape index (κ2) is 10.2. The summed E-state index contributed by atoms with van der Waals surface area (Å²) in [6.07, 6.45) is 1.85. The quantitative estimate of drug-likeness (QED) is 0.269. The molecule has 1 heteroatoms. The van der Waals surface area contributed by atoms with Crippen molar-refractivity contribution < 1.29 is 0 Å². The predicted octanol–water partition coefficient (Wildman–Crippen LogP) is 8.78. The minimum atomic E-state index is 0.679. The molecule has 0 aliphatic heterocycles. The average molecular weight is 442 g/mol. The Morgan fingerprint density at radius 1 is 0.706 bits per heavy atom. The number of benzene rings is 4. The van der Waals surface area contributed by atoms with E-state index in [1.165, 1.54) is 44.5 Å². The Morgan fingerprint density at radius 3 is 2.12 bits per heavy atom. The van der Waals surface area contributed by atoms with Crippen LogP contribution in [0.1, 0.15) is 23.6 Å². The molecule has 0 heterocycles. The van der Waals surface area contributed by atoms with E-state index in [2.05, 4.69) is 130 Å². The van der Waals surface area contributed by atoms with E-state index >= 15 is 0 Å². The van der Waals surface area contributed by atoms with Gasteiger partial charge in [-0.1, -0.05) is 104 Å². The van der Waals surface area contributed by atoms with Crippen molar-refractivity contribution in [3.63, 3.8) is 0 Å². The van der Waals surface area contributed by atoms with Crippen LogP contribution in [0.3, 0.4) is 0 Å². The van der Waals surface area contributed by atoms with Crippen LogP contribution < -0.4 is 5.32 Å². The van der Waals surface area contributed by atoms with Gasteiger partial charge in [0.2, 0.25) is 0 Å². The van der Waals surface area contributed by atoms with Gasteiger partial charge in [-0.15, -0.1) is 6.58 Å². The van der Waals surface area contributed by atoms with Crippen LogP contribution in [-0.2, 0) is 0 Å². The highest BCUT2D eigenvalue weighted by Gasteiger charge is 2.13. The smallest absolute Gasteiger partial charge is 0.0349 e. The summed E-state index contributed by atoms with van der Waals surface area (Å²) in [6.45, 7) is 17.2. The molecule has 0 spiro atoms. The van der Waals surface area contributed by atoms with Gasteiger partial charge < -0.3 is 5.32 Å². The molecule has 0 amide bonds. The highest BCUT2D eigenvalue weighted by Crippen LogP contribution is 2.36. The number of allylic oxidation sites excluding steroid dienone is 1. The Balaban J connectivity index is 1.84. The van der Waals surface area contributed by atoms with E-state index in [4.69, 9.17) is 0 Å². The zero-order valence-electron chi connectivity index (χ0n) is 20.1. The number of aryl methyl sites for hydroxylation is 1. The van der Waals surface area contributed by atoms with Crippen LogP contribution in [0.4, 0.5) is 0 Å². The lowest BCUT2D eigenvalue weighted by molar-refractivity contribution is 1.01. The Bertz CT molecular complexity index is 1370. The van der Waals surface area contributed by atoms with E-state index in [1.807, 2.05) is 6.08 Å². The third-order valence-corrected chi connectivity index (χ3v) is 6.13. The fraction of sp³-hybridized carbons (Fsp3) is 0.0909. The molecular formula is C33H31N. The largest absolute Gasteiger partial charge is 0.382 e. The van der Waals surface area contributed by atoms with Gasteiger partial charge in [0.25, 0.3) is 0 Å². The molecule has 0 unspecified atom stereocenters. The van der Waals surface area contributed by atoms with Crippen LogP contribution >= 0.6 is 0 Å². The third-order valence-electron chi connectivity index (χ3n) is 6.13. The van der Waals surface area contributed by atoms with Gasteiger partial charge in [-0.25, -0.2) is 0 Å². The SMILES string of the molecule is C=CCNC(=C)c1ccc(-c2cccc(-c3ccccc3C(=C)C)c2)cc1-c1ccccc1C. The summed E-state index contributed by atoms with van der Waals surface area (Å²) in [7, 11) is 0. The highest BCUT2D eigenvalue weighted by molar-refractivity contribution is 5.87. The zero-order chi connectivity index (χ0) is 24.1. The summed E-state index contributed by atoms with van der Waals surface area (Å²) in [4.78, 5) is 0. The molecule has 1 nitrogen and oxygen atoms in total. The van der Waals surface area contributed by atoms with Crippen LogP contribution in [0, 0.1) is 6.92 Å². The highest BCUT2D eigenvalue weighted by atomic mass is 14.9. The van der Waals surface area contributed by atoms with Gasteiger partial charge >= 0.3 is 0 Å².